The number of hydrogen-bond donors (Lipinski definition) is 1. The fraction of sp³-hybridized carbons (Fsp3) is 0.444. The predicted molar refractivity (Wildman–Crippen MR) is 99.5 cm³/mol. The van der Waals surface area contributed by atoms with Gasteiger partial charge in [-0.3, -0.25) is 4.79 Å². The summed E-state index contributed by atoms with van der Waals surface area (Å²) in [5, 5.41) is 5.09. The molecule has 0 spiro atoms. The molecular formula is C18H21ClN2O5S. The van der Waals surface area contributed by atoms with Gasteiger partial charge in [0.2, 0.25) is 10.0 Å². The van der Waals surface area contributed by atoms with Gasteiger partial charge in [-0.25, -0.2) is 18.4 Å². The average Bonchev–Trinajstić information content (AvgIpc) is 3.45. The lowest BCUT2D eigenvalue weighted by atomic mass is 10.0. The van der Waals surface area contributed by atoms with Gasteiger partial charge in [-0.15, -0.1) is 0 Å². The Hall–Kier alpha value is -1.90. The minimum Gasteiger partial charge on any atom is -0.452 e. The maximum atomic E-state index is 12.6. The van der Waals surface area contributed by atoms with Crippen LogP contribution in [0.15, 0.2) is 34.9 Å². The van der Waals surface area contributed by atoms with Crippen LogP contribution in [-0.4, -0.2) is 37.8 Å². The normalized spacial score (nSPS) is 17.2. The first-order valence-electron chi connectivity index (χ1n) is 8.78. The van der Waals surface area contributed by atoms with Crippen molar-refractivity contribution in [3.8, 4) is 0 Å². The largest absolute Gasteiger partial charge is 0.452 e. The summed E-state index contributed by atoms with van der Waals surface area (Å²) < 4.78 is 28.0. The number of rotatable bonds is 6. The number of halogens is 1. The van der Waals surface area contributed by atoms with Crippen LogP contribution in [0, 0.1) is 0 Å². The molecule has 0 heterocycles. The van der Waals surface area contributed by atoms with Gasteiger partial charge in [0.15, 0.2) is 6.61 Å². The fourth-order valence-electron chi connectivity index (χ4n) is 3.08. The summed E-state index contributed by atoms with van der Waals surface area (Å²) in [6.45, 7) is -0.428. The van der Waals surface area contributed by atoms with Crippen molar-refractivity contribution in [1.29, 1.82) is 0 Å². The monoisotopic (exact) mass is 412 g/mol. The Bertz CT molecular complexity index is 893. The molecule has 1 aromatic rings. The van der Waals surface area contributed by atoms with Gasteiger partial charge in [0.1, 0.15) is 0 Å². The van der Waals surface area contributed by atoms with Crippen LogP contribution in [0.4, 0.5) is 0 Å². The molecule has 1 fully saturated rings. The molecule has 0 bridgehead atoms. The molecule has 7 nitrogen and oxygen atoms in total. The lowest BCUT2D eigenvalue weighted by molar-refractivity contribution is -0.133. The topological polar surface area (TPSA) is 107 Å². The molecule has 146 valence electrons. The highest BCUT2D eigenvalue weighted by Gasteiger charge is 2.35. The number of esters is 1. The van der Waals surface area contributed by atoms with Crippen molar-refractivity contribution in [1.82, 2.24) is 4.90 Å². The van der Waals surface area contributed by atoms with E-state index in [-0.39, 0.29) is 27.4 Å². The van der Waals surface area contributed by atoms with Crippen molar-refractivity contribution >= 4 is 33.5 Å². The summed E-state index contributed by atoms with van der Waals surface area (Å²) in [5.74, 6) is -1.15. The van der Waals surface area contributed by atoms with E-state index in [9.17, 15) is 18.0 Å². The number of hydrogen-bond acceptors (Lipinski definition) is 5. The Kier molecular flexibility index (Phi) is 5.88. The third kappa shape index (κ3) is 4.88. The third-order valence-corrected chi connectivity index (χ3v) is 5.81. The minimum atomic E-state index is -3.99. The number of benzene rings is 1. The van der Waals surface area contributed by atoms with E-state index in [2.05, 4.69) is 6.08 Å². The number of allylic oxidation sites excluding steroid dienone is 2. The molecule has 0 aromatic heterocycles. The quantitative estimate of drug-likeness (QED) is 0.722. The molecule has 9 heteroatoms. The fourth-order valence-corrected chi connectivity index (χ4v) is 3.82. The zero-order valence-electron chi connectivity index (χ0n) is 14.7. The van der Waals surface area contributed by atoms with Crippen molar-refractivity contribution in [2.75, 3.05) is 6.61 Å². The molecule has 0 unspecified atom stereocenters. The van der Waals surface area contributed by atoms with E-state index >= 15 is 0 Å². The predicted octanol–water partition coefficient (Wildman–Crippen LogP) is 2.59. The molecule has 0 atom stereocenters. The molecule has 2 N–H and O–H groups in total. The van der Waals surface area contributed by atoms with Crippen LogP contribution in [0.25, 0.3) is 0 Å². The Morgan fingerprint density at radius 3 is 2.59 bits per heavy atom. The van der Waals surface area contributed by atoms with Gasteiger partial charge in [0.25, 0.3) is 5.91 Å². The standard InChI is InChI=1S/C18H21ClN2O5S/c19-16-9-8-14(27(20,24)25)10-15(16)18(23)26-11-17(22)21(13-6-7-13)12-4-2-1-3-5-12/h4,8-10,13H,1-3,5-7,11H2,(H2,20,24,25). The zero-order chi connectivity index (χ0) is 19.6. The molecule has 2 aliphatic carbocycles. The second kappa shape index (κ2) is 8.00. The summed E-state index contributed by atoms with van der Waals surface area (Å²) in [4.78, 5) is 26.4. The Morgan fingerprint density at radius 1 is 1.26 bits per heavy atom. The molecule has 0 radical (unpaired) electrons. The summed E-state index contributed by atoms with van der Waals surface area (Å²) in [6, 6.07) is 3.68. The van der Waals surface area contributed by atoms with Gasteiger partial charge in [-0.2, -0.15) is 0 Å². The molecule has 3 rings (SSSR count). The number of carbonyl (C=O) groups is 2. The first-order chi connectivity index (χ1) is 12.8. The van der Waals surface area contributed by atoms with E-state index in [1.165, 1.54) is 12.1 Å². The van der Waals surface area contributed by atoms with Gasteiger partial charge in [0.05, 0.1) is 15.5 Å². The number of sulfonamides is 1. The Labute approximate surface area is 163 Å². The SMILES string of the molecule is NS(=O)(=O)c1ccc(Cl)c(C(=O)OCC(=O)N(C2=CCCCC2)C2CC2)c1. The molecule has 1 amide bonds. The molecule has 27 heavy (non-hydrogen) atoms. The van der Waals surface area contributed by atoms with E-state index < -0.39 is 22.6 Å². The minimum absolute atomic E-state index is 0.0221. The summed E-state index contributed by atoms with van der Waals surface area (Å²) in [7, 11) is -3.99. The van der Waals surface area contributed by atoms with Crippen LogP contribution in [0.3, 0.4) is 0 Å². The Morgan fingerprint density at radius 2 is 2.00 bits per heavy atom. The first-order valence-corrected chi connectivity index (χ1v) is 10.7. The second-order valence-electron chi connectivity index (χ2n) is 6.70. The summed E-state index contributed by atoms with van der Waals surface area (Å²) >= 11 is 5.96. The third-order valence-electron chi connectivity index (χ3n) is 4.57. The van der Waals surface area contributed by atoms with Crippen molar-refractivity contribution in [3.05, 3.63) is 40.6 Å². The van der Waals surface area contributed by atoms with Crippen LogP contribution in [0.2, 0.25) is 5.02 Å². The van der Waals surface area contributed by atoms with Crippen molar-refractivity contribution in [3.63, 3.8) is 0 Å². The van der Waals surface area contributed by atoms with Gasteiger partial charge < -0.3 is 9.64 Å². The van der Waals surface area contributed by atoms with Crippen molar-refractivity contribution < 1.29 is 22.7 Å². The highest BCUT2D eigenvalue weighted by atomic mass is 35.5. The first kappa shape index (κ1) is 19.9. The number of primary sulfonamides is 1. The van der Waals surface area contributed by atoms with Gasteiger partial charge in [-0.05, 0) is 56.7 Å². The van der Waals surface area contributed by atoms with Crippen LogP contribution < -0.4 is 5.14 Å². The van der Waals surface area contributed by atoms with Gasteiger partial charge in [0, 0.05) is 11.7 Å². The van der Waals surface area contributed by atoms with E-state index in [0.29, 0.717) is 0 Å². The number of nitrogens with two attached hydrogens (primary N) is 1. The highest BCUT2D eigenvalue weighted by Crippen LogP contribution is 2.33. The van der Waals surface area contributed by atoms with Gasteiger partial charge in [-0.1, -0.05) is 17.7 Å². The second-order valence-corrected chi connectivity index (χ2v) is 8.67. The number of amides is 1. The van der Waals surface area contributed by atoms with E-state index in [4.69, 9.17) is 21.5 Å². The summed E-state index contributed by atoms with van der Waals surface area (Å²) in [6.07, 6.45) is 7.91. The van der Waals surface area contributed by atoms with E-state index in [0.717, 1.165) is 50.3 Å². The number of carbonyl (C=O) groups excluding carboxylic acids is 2. The smallest absolute Gasteiger partial charge is 0.340 e. The lowest BCUT2D eigenvalue weighted by Gasteiger charge is -2.27. The van der Waals surface area contributed by atoms with Crippen LogP contribution in [0.1, 0.15) is 48.9 Å². The number of nitrogens with zero attached hydrogens (tertiary/aromatic N) is 1. The number of ether oxygens (including phenoxy) is 1. The average molecular weight is 413 g/mol. The van der Waals surface area contributed by atoms with Crippen LogP contribution >= 0.6 is 11.6 Å². The van der Waals surface area contributed by atoms with Crippen LogP contribution in [0.5, 0.6) is 0 Å². The van der Waals surface area contributed by atoms with Crippen LogP contribution in [-0.2, 0) is 19.6 Å². The molecule has 0 saturated heterocycles. The van der Waals surface area contributed by atoms with E-state index in [1.54, 1.807) is 4.90 Å². The molecular weight excluding hydrogens is 392 g/mol. The highest BCUT2D eigenvalue weighted by molar-refractivity contribution is 7.89. The van der Waals surface area contributed by atoms with Crippen molar-refractivity contribution in [2.24, 2.45) is 5.14 Å². The molecule has 1 aromatic carbocycles. The Balaban J connectivity index is 1.69. The van der Waals surface area contributed by atoms with Crippen molar-refractivity contribution in [2.45, 2.75) is 49.5 Å². The maximum absolute atomic E-state index is 12.6. The molecule has 1 saturated carbocycles. The summed E-state index contributed by atoms with van der Waals surface area (Å²) in [5.41, 5.74) is 0.852. The maximum Gasteiger partial charge on any atom is 0.340 e. The van der Waals surface area contributed by atoms with Gasteiger partial charge >= 0.3 is 5.97 Å². The lowest BCUT2D eigenvalue weighted by Crippen LogP contribution is -2.36. The molecule has 2 aliphatic rings. The van der Waals surface area contributed by atoms with E-state index in [1.807, 2.05) is 0 Å². The zero-order valence-corrected chi connectivity index (χ0v) is 16.3. The molecule has 0 aliphatic heterocycles.